The largest absolute Gasteiger partial charge is 0.497 e. The van der Waals surface area contributed by atoms with Gasteiger partial charge in [-0.25, -0.2) is 0 Å². The lowest BCUT2D eigenvalue weighted by atomic mass is 9.92. The third kappa shape index (κ3) is 2.42. The van der Waals surface area contributed by atoms with Crippen molar-refractivity contribution in [3.05, 3.63) is 59.2 Å². The van der Waals surface area contributed by atoms with Gasteiger partial charge in [0.05, 0.1) is 7.11 Å². The van der Waals surface area contributed by atoms with E-state index in [9.17, 15) is 0 Å². The van der Waals surface area contributed by atoms with E-state index in [1.54, 1.807) is 7.11 Å². The molecular formula is C19H20O2. The molecule has 0 spiro atoms. The Bertz CT molecular complexity index is 643. The quantitative estimate of drug-likeness (QED) is 0.656. The van der Waals surface area contributed by atoms with Crippen molar-refractivity contribution in [2.45, 2.75) is 26.7 Å². The molecule has 0 saturated carbocycles. The molecule has 1 heterocycles. The summed E-state index contributed by atoms with van der Waals surface area (Å²) < 4.78 is 11.4. The maximum atomic E-state index is 6.12. The van der Waals surface area contributed by atoms with Gasteiger partial charge in [-0.3, -0.25) is 0 Å². The van der Waals surface area contributed by atoms with Crippen LogP contribution >= 0.6 is 0 Å². The number of hydrogen-bond donors (Lipinski definition) is 0. The van der Waals surface area contributed by atoms with E-state index in [1.165, 1.54) is 16.7 Å². The van der Waals surface area contributed by atoms with Gasteiger partial charge >= 0.3 is 0 Å². The smallest absolute Gasteiger partial charge is 0.138 e. The first kappa shape index (κ1) is 13.7. The van der Waals surface area contributed by atoms with Gasteiger partial charge in [-0.2, -0.15) is 0 Å². The number of rotatable bonds is 3. The van der Waals surface area contributed by atoms with Crippen molar-refractivity contribution >= 4 is 5.57 Å². The first-order valence-corrected chi connectivity index (χ1v) is 7.46. The Hall–Kier alpha value is -2.22. The number of methoxy groups -OCH3 is 1. The summed E-state index contributed by atoms with van der Waals surface area (Å²) in [4.78, 5) is 0. The fourth-order valence-electron chi connectivity index (χ4n) is 2.72. The average molecular weight is 280 g/mol. The summed E-state index contributed by atoms with van der Waals surface area (Å²) in [5, 5.41) is 0. The Balaban J connectivity index is 2.17. The summed E-state index contributed by atoms with van der Waals surface area (Å²) in [5.74, 6) is 2.63. The number of hydrogen-bond acceptors (Lipinski definition) is 2. The van der Waals surface area contributed by atoms with Crippen LogP contribution in [-0.4, -0.2) is 7.11 Å². The lowest BCUT2D eigenvalue weighted by Gasteiger charge is -2.24. The van der Waals surface area contributed by atoms with Gasteiger partial charge in [0.25, 0.3) is 0 Å². The van der Waals surface area contributed by atoms with Crippen molar-refractivity contribution < 1.29 is 9.47 Å². The van der Waals surface area contributed by atoms with Gasteiger partial charge in [0.1, 0.15) is 17.2 Å². The first-order valence-electron chi connectivity index (χ1n) is 7.46. The third-order valence-electron chi connectivity index (χ3n) is 3.85. The Kier molecular flexibility index (Phi) is 3.70. The van der Waals surface area contributed by atoms with E-state index >= 15 is 0 Å². The van der Waals surface area contributed by atoms with E-state index in [0.717, 1.165) is 35.7 Å². The summed E-state index contributed by atoms with van der Waals surface area (Å²) in [6, 6.07) is 12.5. The van der Waals surface area contributed by atoms with Crippen LogP contribution in [0.4, 0.5) is 0 Å². The molecule has 0 aromatic heterocycles. The van der Waals surface area contributed by atoms with Gasteiger partial charge in [-0.15, -0.1) is 0 Å². The lowest BCUT2D eigenvalue weighted by Crippen LogP contribution is -2.03. The predicted molar refractivity (Wildman–Crippen MR) is 86.3 cm³/mol. The first-order chi connectivity index (χ1) is 10.3. The summed E-state index contributed by atoms with van der Waals surface area (Å²) in [6.45, 7) is 4.32. The Labute approximate surface area is 126 Å². The minimum atomic E-state index is 0.819. The Morgan fingerprint density at radius 2 is 1.71 bits per heavy atom. The van der Waals surface area contributed by atoms with Gasteiger partial charge in [0.2, 0.25) is 0 Å². The molecule has 0 N–H and O–H groups in total. The molecule has 0 fully saturated rings. The van der Waals surface area contributed by atoms with Gasteiger partial charge < -0.3 is 9.47 Å². The fourth-order valence-corrected chi connectivity index (χ4v) is 2.72. The van der Waals surface area contributed by atoms with Crippen molar-refractivity contribution in [1.29, 1.82) is 0 Å². The van der Waals surface area contributed by atoms with Gasteiger partial charge in [-0.1, -0.05) is 32.1 Å². The summed E-state index contributed by atoms with van der Waals surface area (Å²) in [6.07, 6.45) is 4.27. The van der Waals surface area contributed by atoms with E-state index in [1.807, 2.05) is 12.1 Å². The van der Waals surface area contributed by atoms with Crippen LogP contribution in [0.1, 0.15) is 37.0 Å². The van der Waals surface area contributed by atoms with Gasteiger partial charge in [-0.05, 0) is 42.2 Å². The molecule has 0 amide bonds. The van der Waals surface area contributed by atoms with E-state index < -0.39 is 0 Å². The van der Waals surface area contributed by atoms with Crippen LogP contribution < -0.4 is 9.47 Å². The van der Waals surface area contributed by atoms with E-state index in [0.29, 0.717) is 0 Å². The molecule has 0 saturated heterocycles. The van der Waals surface area contributed by atoms with Crippen LogP contribution in [0.5, 0.6) is 17.2 Å². The van der Waals surface area contributed by atoms with E-state index in [-0.39, 0.29) is 0 Å². The molecule has 108 valence electrons. The molecule has 0 radical (unpaired) electrons. The van der Waals surface area contributed by atoms with E-state index in [2.05, 4.69) is 44.2 Å². The molecule has 0 bridgehead atoms. The van der Waals surface area contributed by atoms with Crippen LogP contribution in [0.25, 0.3) is 5.57 Å². The second-order valence-electron chi connectivity index (χ2n) is 5.17. The summed E-state index contributed by atoms with van der Waals surface area (Å²) in [5.41, 5.74) is 4.84. The zero-order valence-electron chi connectivity index (χ0n) is 12.8. The summed E-state index contributed by atoms with van der Waals surface area (Å²) in [7, 11) is 1.68. The van der Waals surface area contributed by atoms with Gasteiger partial charge in [0.15, 0.2) is 0 Å². The van der Waals surface area contributed by atoms with Crippen molar-refractivity contribution in [3.63, 3.8) is 0 Å². The number of aryl methyl sites for hydroxylation is 1. The lowest BCUT2D eigenvalue weighted by molar-refractivity contribution is 0.408. The highest BCUT2D eigenvalue weighted by Crippen LogP contribution is 2.45. The third-order valence-corrected chi connectivity index (χ3v) is 3.85. The number of benzene rings is 2. The average Bonchev–Trinajstić information content (AvgIpc) is 2.53. The predicted octanol–water partition coefficient (Wildman–Crippen LogP) is 5.21. The van der Waals surface area contributed by atoms with Crippen LogP contribution in [0.2, 0.25) is 0 Å². The zero-order valence-corrected chi connectivity index (χ0v) is 12.8. The van der Waals surface area contributed by atoms with Crippen LogP contribution in [0, 0.1) is 0 Å². The molecule has 0 unspecified atom stereocenters. The van der Waals surface area contributed by atoms with Crippen LogP contribution in [-0.2, 0) is 6.42 Å². The zero-order chi connectivity index (χ0) is 14.8. The number of fused-ring (bicyclic) bond motifs is 2. The van der Waals surface area contributed by atoms with Gasteiger partial charge in [0, 0.05) is 17.2 Å². The Morgan fingerprint density at radius 3 is 2.38 bits per heavy atom. The maximum Gasteiger partial charge on any atom is 0.138 e. The Morgan fingerprint density at radius 1 is 1.00 bits per heavy atom. The highest BCUT2D eigenvalue weighted by molar-refractivity contribution is 5.88. The van der Waals surface area contributed by atoms with Crippen molar-refractivity contribution in [2.24, 2.45) is 0 Å². The highest BCUT2D eigenvalue weighted by Gasteiger charge is 2.22. The van der Waals surface area contributed by atoms with Crippen LogP contribution in [0.15, 0.2) is 42.5 Å². The number of allylic oxidation sites excluding steroid dienone is 1. The standard InChI is InChI=1S/C19H20O2/c1-4-6-15-16-9-7-13(5-2)11-18(16)21-19-12-14(20-3)8-10-17(15)19/h6-12H,4-5H2,1-3H3/b15-6+. The maximum absolute atomic E-state index is 6.12. The molecular weight excluding hydrogens is 260 g/mol. The van der Waals surface area contributed by atoms with Crippen molar-refractivity contribution in [3.8, 4) is 17.2 Å². The molecule has 2 heteroatoms. The normalized spacial score (nSPS) is 14.3. The minimum absolute atomic E-state index is 0.819. The summed E-state index contributed by atoms with van der Waals surface area (Å²) >= 11 is 0. The van der Waals surface area contributed by atoms with Crippen molar-refractivity contribution in [1.82, 2.24) is 0 Å². The molecule has 0 atom stereocenters. The fraction of sp³-hybridized carbons (Fsp3) is 0.263. The molecule has 2 nitrogen and oxygen atoms in total. The number of ether oxygens (including phenoxy) is 2. The second kappa shape index (κ2) is 5.65. The highest BCUT2D eigenvalue weighted by atomic mass is 16.5. The molecule has 3 rings (SSSR count). The molecule has 2 aromatic carbocycles. The van der Waals surface area contributed by atoms with E-state index in [4.69, 9.17) is 9.47 Å². The van der Waals surface area contributed by atoms with Crippen LogP contribution in [0.3, 0.4) is 0 Å². The minimum Gasteiger partial charge on any atom is -0.497 e. The SMILES string of the molecule is CC/C=C1\c2ccc(CC)cc2Oc2cc(OC)ccc21. The molecule has 0 aliphatic carbocycles. The molecule has 21 heavy (non-hydrogen) atoms. The molecule has 2 aromatic rings. The van der Waals surface area contributed by atoms with Crippen molar-refractivity contribution in [2.75, 3.05) is 7.11 Å². The topological polar surface area (TPSA) is 18.5 Å². The molecule has 1 aliphatic rings. The molecule has 1 aliphatic heterocycles. The second-order valence-corrected chi connectivity index (χ2v) is 5.17. The monoisotopic (exact) mass is 280 g/mol.